The van der Waals surface area contributed by atoms with Gasteiger partial charge in [-0.05, 0) is 90.8 Å². The Morgan fingerprint density at radius 2 is 1.88 bits per heavy atom. The molecule has 0 aliphatic heterocycles. The van der Waals surface area contributed by atoms with Gasteiger partial charge in [-0.1, -0.05) is 55.2 Å². The molecule has 1 unspecified atom stereocenters. The lowest BCUT2D eigenvalue weighted by atomic mass is 9.98. The highest BCUT2D eigenvalue weighted by Crippen LogP contribution is 2.34. The summed E-state index contributed by atoms with van der Waals surface area (Å²) in [4.78, 5) is 17.1. The lowest BCUT2D eigenvalue weighted by Gasteiger charge is -2.08. The molecule has 1 atom stereocenters. The second-order valence-electron chi connectivity index (χ2n) is 9.22. The molecule has 0 spiro atoms. The molecule has 1 amide bonds. The van der Waals surface area contributed by atoms with E-state index in [1.807, 2.05) is 30.3 Å². The monoisotopic (exact) mass is 589 g/mol. The van der Waals surface area contributed by atoms with Crippen molar-refractivity contribution < 1.29 is 13.6 Å². The zero-order valence-electron chi connectivity index (χ0n) is 21.7. The van der Waals surface area contributed by atoms with Crippen LogP contribution in [-0.2, 0) is 4.79 Å². The maximum atomic E-state index is 12.4. The largest absolute Gasteiger partial charge is 0.457 e. The number of halogens is 2. The van der Waals surface area contributed by atoms with E-state index in [9.17, 15) is 4.79 Å². The van der Waals surface area contributed by atoms with Crippen LogP contribution in [-0.4, -0.2) is 16.0 Å². The maximum Gasteiger partial charge on any atom is 0.250 e. The molecule has 6 nitrogen and oxygen atoms in total. The number of fused-ring (bicyclic) bond motifs is 1. The number of nitrogens with zero attached hydrogens (tertiary/aromatic N) is 1. The first-order valence-corrected chi connectivity index (χ1v) is 13.8. The molecule has 2 heterocycles. The van der Waals surface area contributed by atoms with Gasteiger partial charge < -0.3 is 14.2 Å². The van der Waals surface area contributed by atoms with Gasteiger partial charge in [0.2, 0.25) is 11.8 Å². The number of rotatable bonds is 7. The van der Waals surface area contributed by atoms with Crippen LogP contribution in [0.4, 0.5) is 5.69 Å². The van der Waals surface area contributed by atoms with E-state index < -0.39 is 5.91 Å². The molecule has 3 aromatic carbocycles. The molecule has 0 aliphatic carbocycles. The van der Waals surface area contributed by atoms with Crippen molar-refractivity contribution in [2.75, 3.05) is 5.32 Å². The van der Waals surface area contributed by atoms with Crippen LogP contribution in [0.5, 0.6) is 0 Å². The van der Waals surface area contributed by atoms with Crippen LogP contribution >= 0.6 is 35.4 Å². The highest BCUT2D eigenvalue weighted by molar-refractivity contribution is 7.80. The van der Waals surface area contributed by atoms with Crippen LogP contribution in [0.15, 0.2) is 87.7 Å². The number of furan rings is 1. The second kappa shape index (κ2) is 12.1. The summed E-state index contributed by atoms with van der Waals surface area (Å²) in [5, 5.41) is 6.64. The van der Waals surface area contributed by atoms with Crippen molar-refractivity contribution in [1.29, 1.82) is 0 Å². The molecule has 5 rings (SSSR count). The van der Waals surface area contributed by atoms with E-state index in [1.165, 1.54) is 11.6 Å². The minimum atomic E-state index is -0.413. The molecule has 0 fully saturated rings. The Balaban J connectivity index is 1.21. The molecule has 0 radical (unpaired) electrons. The van der Waals surface area contributed by atoms with Gasteiger partial charge in [-0.25, -0.2) is 4.98 Å². The van der Waals surface area contributed by atoms with Crippen molar-refractivity contribution in [2.24, 2.45) is 0 Å². The van der Waals surface area contributed by atoms with E-state index in [1.54, 1.807) is 36.4 Å². The molecule has 0 saturated heterocycles. The first-order valence-electron chi connectivity index (χ1n) is 12.7. The topological polar surface area (TPSA) is 80.3 Å². The Morgan fingerprint density at radius 3 is 2.70 bits per heavy atom. The molecule has 2 aromatic heterocycles. The molecular weight excluding hydrogens is 565 g/mol. The van der Waals surface area contributed by atoms with E-state index >= 15 is 0 Å². The van der Waals surface area contributed by atoms with Gasteiger partial charge >= 0.3 is 0 Å². The standard InChI is InChI=1S/C31H25Cl2N3O3S/c1-3-18(2)19-10-13-27-25(17-19)35-30(39-27)20-6-4-7-21(16-20)34-31(40)36-28(37)15-12-22-11-14-26(38-22)23-8-5-9-24(32)29(23)33/h4-18H,3H2,1-2H3,(H2,34,36,37,40). The van der Waals surface area contributed by atoms with Crippen LogP contribution in [0.3, 0.4) is 0 Å². The molecule has 40 heavy (non-hydrogen) atoms. The normalized spacial score (nSPS) is 12.1. The Hall–Kier alpha value is -3.91. The average molecular weight is 591 g/mol. The van der Waals surface area contributed by atoms with Gasteiger partial charge in [-0.15, -0.1) is 0 Å². The molecule has 9 heteroatoms. The summed E-state index contributed by atoms with van der Waals surface area (Å²) in [6.45, 7) is 4.36. The smallest absolute Gasteiger partial charge is 0.250 e. The highest BCUT2D eigenvalue weighted by Gasteiger charge is 2.13. The third-order valence-electron chi connectivity index (χ3n) is 6.44. The Kier molecular flexibility index (Phi) is 8.35. The van der Waals surface area contributed by atoms with E-state index in [4.69, 9.17) is 44.3 Å². The number of nitrogens with one attached hydrogen (secondary N) is 2. The third-order valence-corrected chi connectivity index (χ3v) is 7.46. The quantitative estimate of drug-likeness (QED) is 0.145. The van der Waals surface area contributed by atoms with Crippen LogP contribution in [0.1, 0.15) is 37.5 Å². The van der Waals surface area contributed by atoms with Crippen molar-refractivity contribution in [3.63, 3.8) is 0 Å². The van der Waals surface area contributed by atoms with Crippen molar-refractivity contribution in [3.8, 4) is 22.8 Å². The van der Waals surface area contributed by atoms with Gasteiger partial charge in [0.05, 0.1) is 10.0 Å². The Labute approximate surface area is 247 Å². The summed E-state index contributed by atoms with van der Waals surface area (Å²) in [6, 6.07) is 22.4. The van der Waals surface area contributed by atoms with Crippen LogP contribution in [0.2, 0.25) is 10.0 Å². The fraction of sp³-hybridized carbons (Fsp3) is 0.129. The summed E-state index contributed by atoms with van der Waals surface area (Å²) in [5.74, 6) is 1.56. The number of hydrogen-bond acceptors (Lipinski definition) is 5. The number of hydrogen-bond donors (Lipinski definition) is 2. The van der Waals surface area contributed by atoms with Crippen molar-refractivity contribution in [2.45, 2.75) is 26.2 Å². The Bertz CT molecular complexity index is 1740. The van der Waals surface area contributed by atoms with Crippen molar-refractivity contribution in [1.82, 2.24) is 10.3 Å². The molecule has 202 valence electrons. The minimum Gasteiger partial charge on any atom is -0.457 e. The Morgan fingerprint density at radius 1 is 1.05 bits per heavy atom. The van der Waals surface area contributed by atoms with Gasteiger partial charge in [-0.2, -0.15) is 0 Å². The van der Waals surface area contributed by atoms with Crippen LogP contribution in [0, 0.1) is 0 Å². The van der Waals surface area contributed by atoms with Gasteiger partial charge in [-0.3, -0.25) is 10.1 Å². The van der Waals surface area contributed by atoms with Gasteiger partial charge in [0.25, 0.3) is 0 Å². The summed E-state index contributed by atoms with van der Waals surface area (Å²) in [5.41, 5.74) is 4.92. The minimum absolute atomic E-state index is 0.147. The summed E-state index contributed by atoms with van der Waals surface area (Å²) in [6.07, 6.45) is 3.93. The van der Waals surface area contributed by atoms with Crippen LogP contribution < -0.4 is 10.6 Å². The average Bonchev–Trinajstić information content (AvgIpc) is 3.60. The number of carbonyl (C=O) groups is 1. The SMILES string of the molecule is CCC(C)c1ccc2oc(-c3cccc(NC(=S)NC(=O)C=Cc4ccc(-c5cccc(Cl)c5Cl)o4)c3)nc2c1. The highest BCUT2D eigenvalue weighted by atomic mass is 35.5. The molecule has 0 aliphatic rings. The first-order chi connectivity index (χ1) is 19.3. The van der Waals surface area contributed by atoms with E-state index in [2.05, 4.69) is 41.6 Å². The first kappa shape index (κ1) is 27.6. The van der Waals surface area contributed by atoms with Crippen molar-refractivity contribution >= 4 is 69.3 Å². The number of oxazole rings is 1. The second-order valence-corrected chi connectivity index (χ2v) is 10.4. The number of benzene rings is 3. The third kappa shape index (κ3) is 6.28. The number of aromatic nitrogens is 1. The molecule has 5 aromatic rings. The summed E-state index contributed by atoms with van der Waals surface area (Å²) < 4.78 is 11.8. The number of thiocarbonyl (C=S) groups is 1. The lowest BCUT2D eigenvalue weighted by Crippen LogP contribution is -2.32. The van der Waals surface area contributed by atoms with E-state index in [0.29, 0.717) is 44.6 Å². The zero-order valence-corrected chi connectivity index (χ0v) is 24.0. The van der Waals surface area contributed by atoms with E-state index in [-0.39, 0.29) is 5.11 Å². The van der Waals surface area contributed by atoms with Gasteiger partial charge in [0.15, 0.2) is 10.7 Å². The molecule has 0 bridgehead atoms. The van der Waals surface area contributed by atoms with Crippen LogP contribution in [0.25, 0.3) is 40.0 Å². The predicted molar refractivity (Wildman–Crippen MR) is 166 cm³/mol. The molecule has 2 N–H and O–H groups in total. The maximum absolute atomic E-state index is 12.4. The molecule has 0 saturated carbocycles. The lowest BCUT2D eigenvalue weighted by molar-refractivity contribution is -0.115. The van der Waals surface area contributed by atoms with Gasteiger partial charge in [0, 0.05) is 22.9 Å². The predicted octanol–water partition coefficient (Wildman–Crippen LogP) is 9.10. The fourth-order valence-corrected chi connectivity index (χ4v) is 4.71. The van der Waals surface area contributed by atoms with Gasteiger partial charge in [0.1, 0.15) is 17.0 Å². The fourth-order valence-electron chi connectivity index (χ4n) is 4.10. The molecular formula is C31H25Cl2N3O3S. The zero-order chi connectivity index (χ0) is 28.2. The van der Waals surface area contributed by atoms with Crippen molar-refractivity contribution in [3.05, 3.63) is 100 Å². The number of anilines is 1. The number of carbonyl (C=O) groups excluding carboxylic acids is 1. The summed E-state index contributed by atoms with van der Waals surface area (Å²) >= 11 is 17.7. The summed E-state index contributed by atoms with van der Waals surface area (Å²) in [7, 11) is 0. The number of amides is 1. The van der Waals surface area contributed by atoms with E-state index in [0.717, 1.165) is 23.1 Å².